The summed E-state index contributed by atoms with van der Waals surface area (Å²) in [7, 11) is 1.84. The molecule has 0 spiro atoms. The molecule has 0 radical (unpaired) electrons. The van der Waals surface area contributed by atoms with Gasteiger partial charge in [-0.2, -0.15) is 0 Å². The number of hydrogen-bond acceptors (Lipinski definition) is 2. The van der Waals surface area contributed by atoms with Crippen LogP contribution in [0.5, 0.6) is 0 Å². The normalized spacial score (nSPS) is 15.6. The molecule has 1 amide bonds. The van der Waals surface area contributed by atoms with Crippen LogP contribution in [0, 0.1) is 6.92 Å². The minimum Gasteiger partial charge on any atom is -0.314 e. The average molecular weight is 218 g/mol. The number of carbonyl (C=O) groups excluding carboxylic acids is 1. The number of nitrogens with zero attached hydrogens (tertiary/aromatic N) is 2. The largest absolute Gasteiger partial charge is 0.314 e. The van der Waals surface area contributed by atoms with Crippen molar-refractivity contribution in [3.05, 3.63) is 29.8 Å². The summed E-state index contributed by atoms with van der Waals surface area (Å²) in [5.41, 5.74) is 2.16. The number of amides is 1. The number of likely N-dealkylation sites (N-methyl/N-ethyl adjacent to an activating group) is 1. The lowest BCUT2D eigenvalue weighted by Crippen LogP contribution is -2.45. The van der Waals surface area contributed by atoms with Gasteiger partial charge in [-0.05, 0) is 44.1 Å². The maximum atomic E-state index is 11.9. The van der Waals surface area contributed by atoms with Crippen LogP contribution in [0.2, 0.25) is 0 Å². The fourth-order valence-corrected chi connectivity index (χ4v) is 1.82. The molecule has 0 atom stereocenters. The minimum absolute atomic E-state index is 0.172. The molecule has 3 heteroatoms. The molecule has 2 rings (SSSR count). The van der Waals surface area contributed by atoms with Gasteiger partial charge in [-0.15, -0.1) is 0 Å². The standard InChI is InChI=1S/C13H18N2O/c1-11-5-3-6-12(9-11)14(2)13(16)10-15-7-4-8-15/h3,5-6,9H,4,7-8,10H2,1-2H3. The van der Waals surface area contributed by atoms with Crippen molar-refractivity contribution in [2.45, 2.75) is 13.3 Å². The summed E-state index contributed by atoms with van der Waals surface area (Å²) in [6, 6.07) is 8.03. The van der Waals surface area contributed by atoms with E-state index in [0.29, 0.717) is 6.54 Å². The van der Waals surface area contributed by atoms with Gasteiger partial charge in [-0.3, -0.25) is 9.69 Å². The summed E-state index contributed by atoms with van der Waals surface area (Å²) < 4.78 is 0. The van der Waals surface area contributed by atoms with E-state index in [9.17, 15) is 4.79 Å². The van der Waals surface area contributed by atoms with Crippen LogP contribution in [-0.2, 0) is 4.79 Å². The maximum absolute atomic E-state index is 11.9. The van der Waals surface area contributed by atoms with Crippen LogP contribution in [0.1, 0.15) is 12.0 Å². The van der Waals surface area contributed by atoms with Crippen molar-refractivity contribution in [1.29, 1.82) is 0 Å². The first-order valence-corrected chi connectivity index (χ1v) is 5.72. The number of anilines is 1. The summed E-state index contributed by atoms with van der Waals surface area (Å²) in [5.74, 6) is 0.172. The van der Waals surface area contributed by atoms with Gasteiger partial charge in [0.05, 0.1) is 6.54 Å². The second-order valence-electron chi connectivity index (χ2n) is 4.42. The van der Waals surface area contributed by atoms with Gasteiger partial charge >= 0.3 is 0 Å². The Hall–Kier alpha value is -1.35. The summed E-state index contributed by atoms with van der Waals surface area (Å²) in [4.78, 5) is 15.9. The third-order valence-electron chi connectivity index (χ3n) is 3.07. The summed E-state index contributed by atoms with van der Waals surface area (Å²) in [6.45, 7) is 4.71. The first-order chi connectivity index (χ1) is 7.66. The van der Waals surface area contributed by atoms with Crippen molar-refractivity contribution in [1.82, 2.24) is 4.90 Å². The zero-order valence-electron chi connectivity index (χ0n) is 9.94. The lowest BCUT2D eigenvalue weighted by molar-refractivity contribution is -0.120. The molecule has 0 aliphatic carbocycles. The van der Waals surface area contributed by atoms with Crippen molar-refractivity contribution in [3.8, 4) is 0 Å². The van der Waals surface area contributed by atoms with E-state index in [1.165, 1.54) is 12.0 Å². The molecule has 0 unspecified atom stereocenters. The molecule has 1 aliphatic rings. The van der Waals surface area contributed by atoms with E-state index >= 15 is 0 Å². The summed E-state index contributed by atoms with van der Waals surface area (Å²) in [5, 5.41) is 0. The summed E-state index contributed by atoms with van der Waals surface area (Å²) in [6.07, 6.45) is 1.22. The molecule has 1 fully saturated rings. The molecular formula is C13H18N2O. The van der Waals surface area contributed by atoms with Crippen LogP contribution in [-0.4, -0.2) is 37.5 Å². The average Bonchev–Trinajstić information content (AvgIpc) is 2.22. The molecule has 16 heavy (non-hydrogen) atoms. The first-order valence-electron chi connectivity index (χ1n) is 5.72. The van der Waals surface area contributed by atoms with Gasteiger partial charge < -0.3 is 4.90 Å². The van der Waals surface area contributed by atoms with E-state index < -0.39 is 0 Å². The molecule has 86 valence electrons. The number of aryl methyl sites for hydroxylation is 1. The highest BCUT2D eigenvalue weighted by molar-refractivity contribution is 5.94. The van der Waals surface area contributed by atoms with Crippen molar-refractivity contribution in [3.63, 3.8) is 0 Å². The van der Waals surface area contributed by atoms with Gasteiger partial charge in [-0.25, -0.2) is 0 Å². The molecular weight excluding hydrogens is 200 g/mol. The lowest BCUT2D eigenvalue weighted by atomic mass is 10.2. The van der Waals surface area contributed by atoms with Crippen LogP contribution in [0.15, 0.2) is 24.3 Å². The lowest BCUT2D eigenvalue weighted by Gasteiger charge is -2.31. The van der Waals surface area contributed by atoms with Crippen molar-refractivity contribution >= 4 is 11.6 Å². The number of hydrogen-bond donors (Lipinski definition) is 0. The Bertz CT molecular complexity index is 385. The number of benzene rings is 1. The third-order valence-corrected chi connectivity index (χ3v) is 3.07. The number of likely N-dealkylation sites (tertiary alicyclic amines) is 1. The fraction of sp³-hybridized carbons (Fsp3) is 0.462. The minimum atomic E-state index is 0.172. The van der Waals surface area contributed by atoms with Crippen LogP contribution in [0.4, 0.5) is 5.69 Å². The Morgan fingerprint density at radius 1 is 1.44 bits per heavy atom. The molecule has 3 nitrogen and oxygen atoms in total. The van der Waals surface area contributed by atoms with Gasteiger partial charge in [0.1, 0.15) is 0 Å². The topological polar surface area (TPSA) is 23.6 Å². The fourth-order valence-electron chi connectivity index (χ4n) is 1.82. The van der Waals surface area contributed by atoms with E-state index in [1.54, 1.807) is 4.90 Å². The molecule has 0 saturated carbocycles. The summed E-state index contributed by atoms with van der Waals surface area (Å²) >= 11 is 0. The number of rotatable bonds is 3. The Morgan fingerprint density at radius 2 is 2.19 bits per heavy atom. The molecule has 0 N–H and O–H groups in total. The molecule has 1 aromatic carbocycles. The van der Waals surface area contributed by atoms with E-state index in [1.807, 2.05) is 38.2 Å². The molecule has 1 aliphatic heterocycles. The predicted molar refractivity (Wildman–Crippen MR) is 65.6 cm³/mol. The van der Waals surface area contributed by atoms with Crippen LogP contribution in [0.25, 0.3) is 0 Å². The predicted octanol–water partition coefficient (Wildman–Crippen LogP) is 1.66. The van der Waals surface area contributed by atoms with E-state index in [0.717, 1.165) is 18.8 Å². The second-order valence-corrected chi connectivity index (χ2v) is 4.42. The highest BCUT2D eigenvalue weighted by atomic mass is 16.2. The Labute approximate surface area is 96.7 Å². The second kappa shape index (κ2) is 4.66. The van der Waals surface area contributed by atoms with Gasteiger partial charge in [0.25, 0.3) is 0 Å². The molecule has 1 saturated heterocycles. The molecule has 1 aromatic rings. The highest BCUT2D eigenvalue weighted by Crippen LogP contribution is 2.15. The quantitative estimate of drug-likeness (QED) is 0.770. The first kappa shape index (κ1) is 11.1. The van der Waals surface area contributed by atoms with Crippen LogP contribution in [0.3, 0.4) is 0 Å². The Balaban J connectivity index is 2.00. The Kier molecular flexibility index (Phi) is 3.25. The van der Waals surface area contributed by atoms with Crippen molar-refractivity contribution in [2.24, 2.45) is 0 Å². The van der Waals surface area contributed by atoms with Gasteiger partial charge in [0.2, 0.25) is 5.91 Å². The molecule has 0 bridgehead atoms. The van der Waals surface area contributed by atoms with E-state index in [2.05, 4.69) is 4.90 Å². The van der Waals surface area contributed by atoms with E-state index in [-0.39, 0.29) is 5.91 Å². The van der Waals surface area contributed by atoms with Crippen molar-refractivity contribution < 1.29 is 4.79 Å². The molecule has 1 heterocycles. The third kappa shape index (κ3) is 2.42. The Morgan fingerprint density at radius 3 is 2.75 bits per heavy atom. The number of carbonyl (C=O) groups is 1. The van der Waals surface area contributed by atoms with Gasteiger partial charge in [0, 0.05) is 12.7 Å². The van der Waals surface area contributed by atoms with Crippen LogP contribution < -0.4 is 4.90 Å². The zero-order chi connectivity index (χ0) is 11.5. The maximum Gasteiger partial charge on any atom is 0.240 e. The smallest absolute Gasteiger partial charge is 0.240 e. The molecule has 0 aromatic heterocycles. The van der Waals surface area contributed by atoms with Crippen molar-refractivity contribution in [2.75, 3.05) is 31.6 Å². The van der Waals surface area contributed by atoms with Crippen LogP contribution >= 0.6 is 0 Å². The van der Waals surface area contributed by atoms with Gasteiger partial charge in [-0.1, -0.05) is 12.1 Å². The monoisotopic (exact) mass is 218 g/mol. The van der Waals surface area contributed by atoms with E-state index in [4.69, 9.17) is 0 Å². The van der Waals surface area contributed by atoms with Gasteiger partial charge in [0.15, 0.2) is 0 Å². The highest BCUT2D eigenvalue weighted by Gasteiger charge is 2.19. The SMILES string of the molecule is Cc1cccc(N(C)C(=O)CN2CCC2)c1. The zero-order valence-corrected chi connectivity index (χ0v) is 9.94.